The first-order valence-electron chi connectivity index (χ1n) is 14.1. The summed E-state index contributed by atoms with van der Waals surface area (Å²) in [6, 6.07) is 24.2. The molecule has 0 bridgehead atoms. The molecule has 4 aromatic rings. The number of benzene rings is 4. The molecule has 0 aliphatic rings. The number of nitrogens with zero attached hydrogens (tertiary/aromatic N) is 2. The standard InChI is InChI=1S/C27H29BN2O3.3C2H6/c1-19(31)30(3)18-26-23-13-7-5-11-21(23)25(22-12-6-8-14-24(22)26)17-29(2)16-20-10-4-9-15-27(20)28(32)33;3*1-2/h4-15,32-33H,16-18H2,1-3H3;3*1-2H3. The summed E-state index contributed by atoms with van der Waals surface area (Å²) in [7, 11) is 2.39. The van der Waals surface area contributed by atoms with E-state index in [1.807, 2.05) is 86.0 Å². The van der Waals surface area contributed by atoms with Gasteiger partial charge in [0.25, 0.3) is 0 Å². The van der Waals surface area contributed by atoms with E-state index < -0.39 is 7.12 Å². The second-order valence-electron chi connectivity index (χ2n) is 8.67. The van der Waals surface area contributed by atoms with E-state index in [1.54, 1.807) is 17.9 Å². The quantitative estimate of drug-likeness (QED) is 0.216. The SMILES string of the molecule is CC.CC.CC.CC(=O)N(C)Cc1c2ccccc2c(CN(C)Cc2ccccc2B(O)O)c2ccccc12. The Hall–Kier alpha value is -3.19. The molecular weight excluding hydrogens is 483 g/mol. The van der Waals surface area contributed by atoms with E-state index in [-0.39, 0.29) is 5.91 Å². The Kier molecular flexibility index (Phi) is 15.1. The number of carbonyl (C=O) groups excluding carboxylic acids is 1. The van der Waals surface area contributed by atoms with E-state index in [1.165, 1.54) is 16.3 Å². The molecule has 210 valence electrons. The highest BCUT2D eigenvalue weighted by atomic mass is 16.4. The fourth-order valence-corrected chi connectivity index (χ4v) is 4.54. The van der Waals surface area contributed by atoms with Gasteiger partial charge in [-0.25, -0.2) is 0 Å². The molecule has 0 heterocycles. The molecular formula is C33H47BN2O3. The molecule has 0 spiro atoms. The van der Waals surface area contributed by atoms with Crippen LogP contribution in [0.2, 0.25) is 0 Å². The van der Waals surface area contributed by atoms with Gasteiger partial charge < -0.3 is 14.9 Å². The molecule has 6 heteroatoms. The van der Waals surface area contributed by atoms with Gasteiger partial charge in [0.15, 0.2) is 0 Å². The van der Waals surface area contributed by atoms with Crippen LogP contribution in [0.4, 0.5) is 0 Å². The van der Waals surface area contributed by atoms with Gasteiger partial charge in [0, 0.05) is 33.6 Å². The van der Waals surface area contributed by atoms with Gasteiger partial charge in [0.2, 0.25) is 5.91 Å². The molecule has 0 fully saturated rings. The summed E-state index contributed by atoms with van der Waals surface area (Å²) >= 11 is 0. The lowest BCUT2D eigenvalue weighted by Gasteiger charge is -2.24. The Labute approximate surface area is 236 Å². The molecule has 0 unspecified atom stereocenters. The topological polar surface area (TPSA) is 64.0 Å². The monoisotopic (exact) mass is 530 g/mol. The van der Waals surface area contributed by atoms with Crippen molar-refractivity contribution in [1.29, 1.82) is 0 Å². The second-order valence-corrected chi connectivity index (χ2v) is 8.67. The van der Waals surface area contributed by atoms with Crippen molar-refractivity contribution in [2.75, 3.05) is 14.1 Å². The minimum absolute atomic E-state index is 0.0386. The number of fused-ring (bicyclic) bond motifs is 2. The van der Waals surface area contributed by atoms with Crippen LogP contribution in [0, 0.1) is 0 Å². The molecule has 5 nitrogen and oxygen atoms in total. The van der Waals surface area contributed by atoms with Crippen LogP contribution in [0.5, 0.6) is 0 Å². The number of carbonyl (C=O) groups is 1. The second kappa shape index (κ2) is 17.4. The largest absolute Gasteiger partial charge is 0.488 e. The third-order valence-corrected chi connectivity index (χ3v) is 6.29. The van der Waals surface area contributed by atoms with E-state index in [0.717, 1.165) is 21.9 Å². The maximum absolute atomic E-state index is 12.0. The van der Waals surface area contributed by atoms with Crippen LogP contribution in [-0.2, 0) is 24.4 Å². The van der Waals surface area contributed by atoms with Crippen LogP contribution in [0.15, 0.2) is 72.8 Å². The van der Waals surface area contributed by atoms with E-state index in [2.05, 4.69) is 41.3 Å². The molecule has 0 saturated heterocycles. The lowest BCUT2D eigenvalue weighted by Crippen LogP contribution is -2.35. The zero-order chi connectivity index (χ0) is 29.5. The highest BCUT2D eigenvalue weighted by molar-refractivity contribution is 6.59. The summed E-state index contributed by atoms with van der Waals surface area (Å²) in [6.07, 6.45) is 0. The van der Waals surface area contributed by atoms with E-state index in [0.29, 0.717) is 25.1 Å². The van der Waals surface area contributed by atoms with E-state index in [9.17, 15) is 14.8 Å². The number of amides is 1. The fourth-order valence-electron chi connectivity index (χ4n) is 4.54. The highest BCUT2D eigenvalue weighted by Crippen LogP contribution is 2.34. The van der Waals surface area contributed by atoms with Gasteiger partial charge >= 0.3 is 7.12 Å². The summed E-state index contributed by atoms with van der Waals surface area (Å²) in [5.41, 5.74) is 3.80. The van der Waals surface area contributed by atoms with Crippen molar-refractivity contribution < 1.29 is 14.8 Å². The molecule has 1 amide bonds. The molecule has 0 aliphatic carbocycles. The lowest BCUT2D eigenvalue weighted by atomic mass is 9.77. The molecule has 0 saturated carbocycles. The average Bonchev–Trinajstić information content (AvgIpc) is 2.98. The van der Waals surface area contributed by atoms with Gasteiger partial charge in [-0.3, -0.25) is 9.69 Å². The Balaban J connectivity index is 0.00000119. The van der Waals surface area contributed by atoms with Gasteiger partial charge in [-0.05, 0) is 50.7 Å². The lowest BCUT2D eigenvalue weighted by molar-refractivity contribution is -0.128. The zero-order valence-electron chi connectivity index (χ0n) is 25.3. The summed E-state index contributed by atoms with van der Waals surface area (Å²) in [5.74, 6) is 0.0386. The first kappa shape index (κ1) is 33.8. The third kappa shape index (κ3) is 8.65. The van der Waals surface area contributed by atoms with E-state index in [4.69, 9.17) is 0 Å². The summed E-state index contributed by atoms with van der Waals surface area (Å²) < 4.78 is 0. The Morgan fingerprint density at radius 2 is 1.03 bits per heavy atom. The van der Waals surface area contributed by atoms with Crippen molar-refractivity contribution >= 4 is 40.0 Å². The summed E-state index contributed by atoms with van der Waals surface area (Å²) in [4.78, 5) is 15.9. The molecule has 2 N–H and O–H groups in total. The predicted molar refractivity (Wildman–Crippen MR) is 169 cm³/mol. The molecule has 0 aliphatic heterocycles. The Morgan fingerprint density at radius 3 is 1.44 bits per heavy atom. The van der Waals surface area contributed by atoms with Crippen molar-refractivity contribution in [2.24, 2.45) is 0 Å². The van der Waals surface area contributed by atoms with Crippen molar-refractivity contribution in [3.63, 3.8) is 0 Å². The predicted octanol–water partition coefficient (Wildman–Crippen LogP) is 6.36. The highest BCUT2D eigenvalue weighted by Gasteiger charge is 2.19. The molecule has 4 aromatic carbocycles. The molecule has 0 radical (unpaired) electrons. The van der Waals surface area contributed by atoms with Crippen LogP contribution in [0.1, 0.15) is 65.2 Å². The molecule has 0 atom stereocenters. The van der Waals surface area contributed by atoms with Gasteiger partial charge in [0.05, 0.1) is 0 Å². The van der Waals surface area contributed by atoms with Crippen LogP contribution < -0.4 is 5.46 Å². The maximum atomic E-state index is 12.0. The number of rotatable bonds is 7. The minimum atomic E-state index is -1.49. The molecule has 4 rings (SSSR count). The molecule has 39 heavy (non-hydrogen) atoms. The number of hydrogen-bond acceptors (Lipinski definition) is 4. The van der Waals surface area contributed by atoms with Gasteiger partial charge in [-0.15, -0.1) is 0 Å². The average molecular weight is 531 g/mol. The Bertz CT molecular complexity index is 1250. The van der Waals surface area contributed by atoms with Crippen LogP contribution in [0.25, 0.3) is 21.5 Å². The zero-order valence-corrected chi connectivity index (χ0v) is 25.3. The third-order valence-electron chi connectivity index (χ3n) is 6.29. The van der Waals surface area contributed by atoms with Gasteiger partial charge in [-0.1, -0.05) is 114 Å². The van der Waals surface area contributed by atoms with Crippen LogP contribution in [-0.4, -0.2) is 47.0 Å². The first-order chi connectivity index (χ1) is 18.9. The first-order valence-corrected chi connectivity index (χ1v) is 14.1. The van der Waals surface area contributed by atoms with Gasteiger partial charge in [0.1, 0.15) is 0 Å². The van der Waals surface area contributed by atoms with Crippen molar-refractivity contribution in [3.8, 4) is 0 Å². The maximum Gasteiger partial charge on any atom is 0.488 e. The van der Waals surface area contributed by atoms with Gasteiger partial charge in [-0.2, -0.15) is 0 Å². The van der Waals surface area contributed by atoms with Crippen molar-refractivity contribution in [1.82, 2.24) is 9.80 Å². The summed E-state index contributed by atoms with van der Waals surface area (Å²) in [6.45, 7) is 15.4. The van der Waals surface area contributed by atoms with Crippen LogP contribution >= 0.6 is 0 Å². The summed E-state index contributed by atoms with van der Waals surface area (Å²) in [5, 5.41) is 24.1. The van der Waals surface area contributed by atoms with E-state index >= 15 is 0 Å². The van der Waals surface area contributed by atoms with Crippen LogP contribution in [0.3, 0.4) is 0 Å². The normalized spacial score (nSPS) is 10.1. The minimum Gasteiger partial charge on any atom is -0.423 e. The van der Waals surface area contributed by atoms with Crippen molar-refractivity contribution in [2.45, 2.75) is 68.1 Å². The number of hydrogen-bond donors (Lipinski definition) is 2. The smallest absolute Gasteiger partial charge is 0.423 e. The fraction of sp³-hybridized carbons (Fsp3) is 0.364. The Morgan fingerprint density at radius 1 is 0.641 bits per heavy atom. The van der Waals surface area contributed by atoms with Crippen molar-refractivity contribution in [3.05, 3.63) is 89.5 Å². The molecule has 0 aromatic heterocycles.